The zero-order valence-electron chi connectivity index (χ0n) is 20.5. The van der Waals surface area contributed by atoms with E-state index in [2.05, 4.69) is 5.32 Å². The highest BCUT2D eigenvalue weighted by atomic mass is 16.7. The number of rotatable bonds is 6. The topological polar surface area (TPSA) is 139 Å². The molecule has 4 atom stereocenters. The number of non-ortho nitro benzene ring substituents is 1. The van der Waals surface area contributed by atoms with Crippen LogP contribution in [0.25, 0.3) is 0 Å². The van der Waals surface area contributed by atoms with E-state index in [4.69, 9.17) is 23.7 Å². The summed E-state index contributed by atoms with van der Waals surface area (Å²) in [6.45, 7) is 0.268. The zero-order chi connectivity index (χ0) is 26.6. The largest absolute Gasteiger partial charge is 0.502 e. The number of nitro groups is 1. The molecular weight excluding hydrogens is 496 g/mol. The summed E-state index contributed by atoms with van der Waals surface area (Å²) in [5, 5.41) is 25.1. The third-order valence-corrected chi connectivity index (χ3v) is 7.45. The first-order valence-electron chi connectivity index (χ1n) is 12.0. The third-order valence-electron chi connectivity index (χ3n) is 7.45. The van der Waals surface area contributed by atoms with Crippen LogP contribution in [0.2, 0.25) is 0 Å². The van der Waals surface area contributed by atoms with Crippen LogP contribution in [0.3, 0.4) is 0 Å². The fraction of sp³-hybridized carbons (Fsp3) is 0.296. The van der Waals surface area contributed by atoms with Crippen LogP contribution >= 0.6 is 0 Å². The number of esters is 1. The molecule has 2 N–H and O–H groups in total. The molecule has 0 bridgehead atoms. The Morgan fingerprint density at radius 2 is 1.61 bits per heavy atom. The van der Waals surface area contributed by atoms with Crippen molar-refractivity contribution in [2.75, 3.05) is 32.9 Å². The van der Waals surface area contributed by atoms with Gasteiger partial charge in [0, 0.05) is 29.7 Å². The van der Waals surface area contributed by atoms with Crippen LogP contribution in [-0.2, 0) is 9.53 Å². The van der Waals surface area contributed by atoms with Gasteiger partial charge < -0.3 is 34.1 Å². The molecule has 3 aromatic rings. The molecular formula is C27H24N2O9. The van der Waals surface area contributed by atoms with Gasteiger partial charge in [-0.1, -0.05) is 0 Å². The molecule has 6 rings (SSSR count). The van der Waals surface area contributed by atoms with Gasteiger partial charge in [0.15, 0.2) is 23.0 Å². The maximum absolute atomic E-state index is 13.2. The van der Waals surface area contributed by atoms with Gasteiger partial charge in [0.2, 0.25) is 12.5 Å². The Bertz CT molecular complexity index is 1410. The van der Waals surface area contributed by atoms with Gasteiger partial charge in [-0.3, -0.25) is 14.9 Å². The molecule has 3 aliphatic rings. The van der Waals surface area contributed by atoms with E-state index < -0.39 is 16.8 Å². The number of cyclic esters (lactones) is 1. The molecule has 11 nitrogen and oxygen atoms in total. The van der Waals surface area contributed by atoms with E-state index in [1.165, 1.54) is 26.4 Å². The Morgan fingerprint density at radius 1 is 0.974 bits per heavy atom. The summed E-state index contributed by atoms with van der Waals surface area (Å²) in [5.74, 6) is -0.204. The molecule has 0 radical (unpaired) electrons. The molecule has 196 valence electrons. The van der Waals surface area contributed by atoms with Crippen LogP contribution in [0, 0.1) is 22.0 Å². The second kappa shape index (κ2) is 9.02. The van der Waals surface area contributed by atoms with Crippen LogP contribution in [0.15, 0.2) is 48.5 Å². The number of nitrogens with one attached hydrogen (secondary N) is 1. The summed E-state index contributed by atoms with van der Waals surface area (Å²) in [7, 11) is 2.89. The lowest BCUT2D eigenvalue weighted by atomic mass is 9.65. The van der Waals surface area contributed by atoms with E-state index in [-0.39, 0.29) is 54.3 Å². The minimum Gasteiger partial charge on any atom is -0.502 e. The summed E-state index contributed by atoms with van der Waals surface area (Å²) in [5.41, 5.74) is 3.05. The number of methoxy groups -OCH3 is 2. The fourth-order valence-corrected chi connectivity index (χ4v) is 5.70. The van der Waals surface area contributed by atoms with Crippen molar-refractivity contribution < 1.29 is 38.5 Å². The van der Waals surface area contributed by atoms with Gasteiger partial charge in [-0.15, -0.1) is 0 Å². The number of carbonyl (C=O) groups is 1. The number of carbonyl (C=O) groups excluding carboxylic acids is 1. The summed E-state index contributed by atoms with van der Waals surface area (Å²) in [4.78, 5) is 23.9. The lowest BCUT2D eigenvalue weighted by Gasteiger charge is -2.40. The van der Waals surface area contributed by atoms with Gasteiger partial charge in [-0.25, -0.2) is 0 Å². The van der Waals surface area contributed by atoms with Crippen molar-refractivity contribution in [1.29, 1.82) is 0 Å². The van der Waals surface area contributed by atoms with Crippen molar-refractivity contribution >= 4 is 17.3 Å². The minimum absolute atomic E-state index is 0.0181. The summed E-state index contributed by atoms with van der Waals surface area (Å²) in [6.07, 6.45) is 0. The average Bonchev–Trinajstić information content (AvgIpc) is 3.54. The first-order chi connectivity index (χ1) is 18.4. The van der Waals surface area contributed by atoms with Crippen LogP contribution in [0.1, 0.15) is 28.7 Å². The first-order valence-corrected chi connectivity index (χ1v) is 12.0. The molecule has 1 aliphatic carbocycles. The molecule has 0 saturated carbocycles. The van der Waals surface area contributed by atoms with Crippen LogP contribution in [-0.4, -0.2) is 43.6 Å². The number of hydrogen-bond donors (Lipinski definition) is 2. The van der Waals surface area contributed by atoms with Gasteiger partial charge in [0.05, 0.1) is 37.7 Å². The standard InChI is InChI=1S/C27H24N2O9/c1-34-21-7-13(8-22(35-2)26(21)30)23-16-9-19-20(38-12-37-19)10-17(16)25(18-11-36-27(31)24(18)23)28-14-3-5-15(6-4-14)29(32)33/h3-10,18,23-25,28,30H,11-12H2,1-2H3/t18-,23+,24+,25+/m0/s1. The fourth-order valence-electron chi connectivity index (χ4n) is 5.70. The number of fused-ring (bicyclic) bond motifs is 3. The van der Waals surface area contributed by atoms with Crippen LogP contribution in [0.4, 0.5) is 11.4 Å². The Hall–Kier alpha value is -4.67. The van der Waals surface area contributed by atoms with Gasteiger partial charge >= 0.3 is 5.97 Å². The maximum atomic E-state index is 13.2. The first kappa shape index (κ1) is 23.7. The number of phenols is 1. The molecule has 0 spiro atoms. The highest BCUT2D eigenvalue weighted by Gasteiger charge is 2.52. The van der Waals surface area contributed by atoms with Crippen molar-refractivity contribution in [2.45, 2.75) is 12.0 Å². The van der Waals surface area contributed by atoms with Gasteiger partial charge in [0.1, 0.15) is 0 Å². The van der Waals surface area contributed by atoms with E-state index >= 15 is 0 Å². The second-order valence-corrected chi connectivity index (χ2v) is 9.33. The number of anilines is 1. The predicted molar refractivity (Wildman–Crippen MR) is 133 cm³/mol. The highest BCUT2D eigenvalue weighted by molar-refractivity contribution is 5.79. The number of aromatic hydroxyl groups is 1. The number of nitrogens with zero attached hydrogens (tertiary/aromatic N) is 1. The van der Waals surface area contributed by atoms with E-state index in [9.17, 15) is 20.0 Å². The quantitative estimate of drug-likeness (QED) is 0.277. The zero-order valence-corrected chi connectivity index (χ0v) is 20.5. The third kappa shape index (κ3) is 3.69. The van der Waals surface area contributed by atoms with Crippen LogP contribution in [0.5, 0.6) is 28.7 Å². The smallest absolute Gasteiger partial charge is 0.310 e. The molecule has 0 unspecified atom stereocenters. The Labute approximate surface area is 217 Å². The highest BCUT2D eigenvalue weighted by Crippen LogP contribution is 2.56. The lowest BCUT2D eigenvalue weighted by molar-refractivity contribution is -0.384. The SMILES string of the molecule is COc1cc([C@@H]2c3cc4c(cc3[C@@H](Nc3ccc([N+](=O)[O-])cc3)[C@H]3COC(=O)[C@@H]23)OCO4)cc(OC)c1O. The molecule has 2 heterocycles. The average molecular weight is 520 g/mol. The lowest BCUT2D eigenvalue weighted by Crippen LogP contribution is -2.37. The number of nitro benzene ring substituents is 1. The number of hydrogen-bond acceptors (Lipinski definition) is 10. The molecule has 11 heteroatoms. The number of ether oxygens (including phenoxy) is 5. The van der Waals surface area contributed by atoms with E-state index in [0.717, 1.165) is 11.1 Å². The van der Waals surface area contributed by atoms with Crippen molar-refractivity contribution in [3.05, 3.63) is 75.3 Å². The molecule has 0 amide bonds. The summed E-state index contributed by atoms with van der Waals surface area (Å²) < 4.78 is 27.7. The molecule has 38 heavy (non-hydrogen) atoms. The molecule has 0 aromatic heterocycles. The second-order valence-electron chi connectivity index (χ2n) is 9.33. The Morgan fingerprint density at radius 3 is 2.21 bits per heavy atom. The summed E-state index contributed by atoms with van der Waals surface area (Å²) in [6, 6.07) is 12.9. The Balaban J connectivity index is 1.51. The Kier molecular flexibility index (Phi) is 5.63. The van der Waals surface area contributed by atoms with E-state index in [0.29, 0.717) is 22.7 Å². The number of phenolic OH excluding ortho intramolecular Hbond substituents is 1. The molecule has 3 aromatic carbocycles. The minimum atomic E-state index is -0.572. The molecule has 1 fully saturated rings. The van der Waals surface area contributed by atoms with Crippen molar-refractivity contribution in [3.63, 3.8) is 0 Å². The van der Waals surface area contributed by atoms with Crippen LogP contribution < -0.4 is 24.3 Å². The van der Waals surface area contributed by atoms with Gasteiger partial charge in [0.25, 0.3) is 5.69 Å². The van der Waals surface area contributed by atoms with Gasteiger partial charge in [-0.05, 0) is 53.1 Å². The van der Waals surface area contributed by atoms with Crippen molar-refractivity contribution in [2.24, 2.45) is 11.8 Å². The van der Waals surface area contributed by atoms with Crippen molar-refractivity contribution in [1.82, 2.24) is 0 Å². The molecule has 2 aliphatic heterocycles. The molecule has 1 saturated heterocycles. The maximum Gasteiger partial charge on any atom is 0.310 e. The van der Waals surface area contributed by atoms with Crippen molar-refractivity contribution in [3.8, 4) is 28.7 Å². The van der Waals surface area contributed by atoms with E-state index in [1.807, 2.05) is 12.1 Å². The monoisotopic (exact) mass is 520 g/mol. The normalized spacial score (nSPS) is 22.7. The predicted octanol–water partition coefficient (Wildman–Crippen LogP) is 4.13. The van der Waals surface area contributed by atoms with E-state index in [1.54, 1.807) is 24.3 Å². The summed E-state index contributed by atoms with van der Waals surface area (Å²) >= 11 is 0. The van der Waals surface area contributed by atoms with Gasteiger partial charge in [-0.2, -0.15) is 0 Å². The number of benzene rings is 3.